The highest BCUT2D eigenvalue weighted by Gasteiger charge is 2.31. The molecule has 1 aliphatic heterocycles. The molecule has 116 valence electrons. The Bertz CT molecular complexity index is 346. The first-order chi connectivity index (χ1) is 9.20. The van der Waals surface area contributed by atoms with Gasteiger partial charge in [0.2, 0.25) is 11.8 Å². The highest BCUT2D eigenvalue weighted by Crippen LogP contribution is 2.15. The number of hydrogen-bond acceptors (Lipinski definition) is 4. The number of amides is 2. The Morgan fingerprint density at radius 1 is 1.35 bits per heavy atom. The quantitative estimate of drug-likeness (QED) is 0.654. The predicted molar refractivity (Wildman–Crippen MR) is 79.1 cm³/mol. The van der Waals surface area contributed by atoms with E-state index in [4.69, 9.17) is 5.73 Å². The molecule has 0 aromatic carbocycles. The Morgan fingerprint density at radius 3 is 2.35 bits per heavy atom. The van der Waals surface area contributed by atoms with Crippen molar-refractivity contribution in [1.82, 2.24) is 15.5 Å². The second-order valence-electron chi connectivity index (χ2n) is 6.54. The zero-order valence-electron chi connectivity index (χ0n) is 13.0. The minimum atomic E-state index is -0.390. The van der Waals surface area contributed by atoms with Crippen LogP contribution >= 0.6 is 0 Å². The second kappa shape index (κ2) is 7.04. The molecule has 1 unspecified atom stereocenters. The van der Waals surface area contributed by atoms with Gasteiger partial charge in [-0.3, -0.25) is 14.5 Å². The molecule has 0 radical (unpaired) electrons. The van der Waals surface area contributed by atoms with Crippen molar-refractivity contribution in [2.24, 2.45) is 5.73 Å². The van der Waals surface area contributed by atoms with E-state index in [1.54, 1.807) is 0 Å². The summed E-state index contributed by atoms with van der Waals surface area (Å²) in [4.78, 5) is 25.5. The maximum absolute atomic E-state index is 12.3. The summed E-state index contributed by atoms with van der Waals surface area (Å²) in [5, 5.41) is 6.25. The van der Waals surface area contributed by atoms with Crippen LogP contribution in [0.5, 0.6) is 0 Å². The van der Waals surface area contributed by atoms with Gasteiger partial charge in [-0.25, -0.2) is 0 Å². The van der Waals surface area contributed by atoms with Gasteiger partial charge in [0.1, 0.15) is 0 Å². The number of carbonyl (C=O) groups excluding carboxylic acids is 2. The first-order valence-corrected chi connectivity index (χ1v) is 7.27. The third kappa shape index (κ3) is 5.46. The minimum absolute atomic E-state index is 0.0581. The number of nitrogens with one attached hydrogen (secondary N) is 2. The molecule has 0 aliphatic carbocycles. The molecule has 6 nitrogen and oxygen atoms in total. The average Bonchev–Trinajstić information content (AvgIpc) is 2.34. The topological polar surface area (TPSA) is 87.5 Å². The fourth-order valence-corrected chi connectivity index (χ4v) is 2.53. The lowest BCUT2D eigenvalue weighted by molar-refractivity contribution is -0.130. The number of carbonyl (C=O) groups is 2. The van der Waals surface area contributed by atoms with Crippen molar-refractivity contribution < 1.29 is 9.59 Å². The van der Waals surface area contributed by atoms with E-state index in [9.17, 15) is 9.59 Å². The third-order valence-corrected chi connectivity index (χ3v) is 3.49. The van der Waals surface area contributed by atoms with Crippen molar-refractivity contribution >= 4 is 11.8 Å². The number of piperidine rings is 1. The first kappa shape index (κ1) is 16.9. The molecule has 1 saturated heterocycles. The molecule has 20 heavy (non-hydrogen) atoms. The van der Waals surface area contributed by atoms with Crippen molar-refractivity contribution in [3.8, 4) is 0 Å². The molecule has 0 aromatic heterocycles. The van der Waals surface area contributed by atoms with Crippen LogP contribution in [-0.2, 0) is 9.59 Å². The lowest BCUT2D eigenvalue weighted by Gasteiger charge is -2.38. The molecular formula is C14H28N4O2. The molecule has 1 aliphatic rings. The van der Waals surface area contributed by atoms with Crippen molar-refractivity contribution in [1.29, 1.82) is 0 Å². The Labute approximate surface area is 121 Å². The summed E-state index contributed by atoms with van der Waals surface area (Å²) in [6, 6.07) is -0.130. The number of rotatable bonds is 5. The molecule has 1 heterocycles. The molecule has 0 bridgehead atoms. The Hall–Kier alpha value is -1.14. The maximum Gasteiger partial charge on any atom is 0.237 e. The smallest absolute Gasteiger partial charge is 0.237 e. The molecule has 1 rings (SSSR count). The summed E-state index contributed by atoms with van der Waals surface area (Å²) in [6.45, 7) is 9.62. The molecule has 0 aromatic rings. The third-order valence-electron chi connectivity index (χ3n) is 3.49. The van der Waals surface area contributed by atoms with Gasteiger partial charge in [-0.2, -0.15) is 0 Å². The summed E-state index contributed by atoms with van der Waals surface area (Å²) in [6.07, 6.45) is 1.86. The zero-order chi connectivity index (χ0) is 15.3. The summed E-state index contributed by atoms with van der Waals surface area (Å²) in [5.74, 6) is -0.448. The van der Waals surface area contributed by atoms with E-state index in [0.717, 1.165) is 25.9 Å². The Morgan fingerprint density at radius 2 is 1.90 bits per heavy atom. The minimum Gasteiger partial charge on any atom is -0.369 e. The van der Waals surface area contributed by atoms with Crippen molar-refractivity contribution in [3.63, 3.8) is 0 Å². The van der Waals surface area contributed by atoms with E-state index in [-0.39, 0.29) is 36.0 Å². The van der Waals surface area contributed by atoms with Gasteiger partial charge >= 0.3 is 0 Å². The van der Waals surface area contributed by atoms with Crippen LogP contribution in [0.4, 0.5) is 0 Å². The molecule has 0 spiro atoms. The number of primary amides is 1. The fraction of sp³-hybridized carbons (Fsp3) is 0.857. The number of hydrogen-bond donors (Lipinski definition) is 3. The maximum atomic E-state index is 12.3. The summed E-state index contributed by atoms with van der Waals surface area (Å²) in [7, 11) is 0. The van der Waals surface area contributed by atoms with Crippen LogP contribution in [0, 0.1) is 0 Å². The van der Waals surface area contributed by atoms with Crippen LogP contribution in [0.25, 0.3) is 0 Å². The van der Waals surface area contributed by atoms with Gasteiger partial charge in [-0.1, -0.05) is 0 Å². The van der Waals surface area contributed by atoms with Crippen LogP contribution in [0.3, 0.4) is 0 Å². The largest absolute Gasteiger partial charge is 0.369 e. The standard InChI is InChI=1S/C14H28N4O2/c1-10(13(20)17-14(2,3)4)18(9-12(15)19)11-5-7-16-8-6-11/h10-11,16H,5-9H2,1-4H3,(H2,15,19)(H,17,20). The van der Waals surface area contributed by atoms with Gasteiger partial charge in [0.25, 0.3) is 0 Å². The second-order valence-corrected chi connectivity index (χ2v) is 6.54. The lowest BCUT2D eigenvalue weighted by Crippen LogP contribution is -2.57. The van der Waals surface area contributed by atoms with Gasteiger partial charge in [-0.15, -0.1) is 0 Å². The molecule has 2 amide bonds. The monoisotopic (exact) mass is 284 g/mol. The highest BCUT2D eigenvalue weighted by atomic mass is 16.2. The highest BCUT2D eigenvalue weighted by molar-refractivity contribution is 5.83. The molecule has 4 N–H and O–H groups in total. The molecule has 1 fully saturated rings. The summed E-state index contributed by atoms with van der Waals surface area (Å²) >= 11 is 0. The van der Waals surface area contributed by atoms with E-state index < -0.39 is 0 Å². The summed E-state index contributed by atoms with van der Waals surface area (Å²) in [5.41, 5.74) is 5.06. The Balaban J connectivity index is 2.75. The fourth-order valence-electron chi connectivity index (χ4n) is 2.53. The van der Waals surface area contributed by atoms with Crippen molar-refractivity contribution in [2.45, 2.75) is 58.2 Å². The molecule has 1 atom stereocenters. The van der Waals surface area contributed by atoms with Crippen LogP contribution in [0.2, 0.25) is 0 Å². The van der Waals surface area contributed by atoms with Crippen LogP contribution < -0.4 is 16.4 Å². The normalized spacial score (nSPS) is 18.9. The number of nitrogens with zero attached hydrogens (tertiary/aromatic N) is 1. The van der Waals surface area contributed by atoms with E-state index in [1.165, 1.54) is 0 Å². The van der Waals surface area contributed by atoms with E-state index in [0.29, 0.717) is 0 Å². The predicted octanol–water partition coefficient (Wildman–Crippen LogP) is -0.171. The van der Waals surface area contributed by atoms with Crippen LogP contribution in [0.15, 0.2) is 0 Å². The van der Waals surface area contributed by atoms with Gasteiger partial charge < -0.3 is 16.4 Å². The SMILES string of the molecule is CC(C(=O)NC(C)(C)C)N(CC(N)=O)C1CCNCC1. The van der Waals surface area contributed by atoms with Crippen LogP contribution in [-0.4, -0.2) is 54.0 Å². The molecular weight excluding hydrogens is 256 g/mol. The Kier molecular flexibility index (Phi) is 5.95. The van der Waals surface area contributed by atoms with E-state index >= 15 is 0 Å². The zero-order valence-corrected chi connectivity index (χ0v) is 13.0. The molecule has 0 saturated carbocycles. The van der Waals surface area contributed by atoms with E-state index in [1.807, 2.05) is 32.6 Å². The molecule has 6 heteroatoms. The van der Waals surface area contributed by atoms with E-state index in [2.05, 4.69) is 10.6 Å². The number of nitrogens with two attached hydrogens (primary N) is 1. The van der Waals surface area contributed by atoms with Crippen LogP contribution in [0.1, 0.15) is 40.5 Å². The van der Waals surface area contributed by atoms with Gasteiger partial charge in [0, 0.05) is 11.6 Å². The lowest BCUT2D eigenvalue weighted by atomic mass is 10.0. The first-order valence-electron chi connectivity index (χ1n) is 7.27. The van der Waals surface area contributed by atoms with Gasteiger partial charge in [0.05, 0.1) is 12.6 Å². The van der Waals surface area contributed by atoms with Gasteiger partial charge in [0.15, 0.2) is 0 Å². The summed E-state index contributed by atoms with van der Waals surface area (Å²) < 4.78 is 0. The van der Waals surface area contributed by atoms with Crippen molar-refractivity contribution in [2.75, 3.05) is 19.6 Å². The van der Waals surface area contributed by atoms with Gasteiger partial charge in [-0.05, 0) is 53.6 Å². The van der Waals surface area contributed by atoms with Crippen molar-refractivity contribution in [3.05, 3.63) is 0 Å². The average molecular weight is 284 g/mol.